The molecule has 0 N–H and O–H groups in total. The lowest BCUT2D eigenvalue weighted by Gasteiger charge is -2.25. The molecule has 1 amide bonds. The Balaban J connectivity index is 1.47. The van der Waals surface area contributed by atoms with E-state index in [0.29, 0.717) is 18.8 Å². The number of halogens is 1. The fraction of sp³-hybridized carbons (Fsp3) is 0.150. The molecule has 0 saturated carbocycles. The molecule has 4 rings (SSSR count). The van der Waals surface area contributed by atoms with Crippen LogP contribution in [0.4, 0.5) is 4.39 Å². The maximum absolute atomic E-state index is 13.0. The lowest BCUT2D eigenvalue weighted by molar-refractivity contribution is 0.0767. The Labute approximate surface area is 150 Å². The highest BCUT2D eigenvalue weighted by atomic mass is 19.1. The fourth-order valence-corrected chi connectivity index (χ4v) is 3.01. The second-order valence-electron chi connectivity index (χ2n) is 6.12. The van der Waals surface area contributed by atoms with Crippen LogP contribution < -0.4 is 0 Å². The second kappa shape index (κ2) is 6.92. The average molecular weight is 348 g/mol. The summed E-state index contributed by atoms with van der Waals surface area (Å²) < 4.78 is 14.6. The van der Waals surface area contributed by atoms with Crippen molar-refractivity contribution in [1.82, 2.24) is 19.9 Å². The van der Waals surface area contributed by atoms with Crippen LogP contribution in [0.2, 0.25) is 0 Å². The first-order valence-corrected chi connectivity index (χ1v) is 8.43. The van der Waals surface area contributed by atoms with Gasteiger partial charge in [0.25, 0.3) is 5.91 Å². The molecular weight excluding hydrogens is 331 g/mol. The Morgan fingerprint density at radius 3 is 2.50 bits per heavy atom. The zero-order valence-corrected chi connectivity index (χ0v) is 14.0. The quantitative estimate of drug-likeness (QED) is 0.729. The molecule has 5 nitrogen and oxygen atoms in total. The number of hydrogen-bond donors (Lipinski definition) is 0. The third kappa shape index (κ3) is 3.26. The van der Waals surface area contributed by atoms with Crippen LogP contribution in [0.1, 0.15) is 22.5 Å². The van der Waals surface area contributed by atoms with Gasteiger partial charge in [-0.1, -0.05) is 41.6 Å². The summed E-state index contributed by atoms with van der Waals surface area (Å²) in [5.41, 5.74) is 3.30. The summed E-state index contributed by atoms with van der Waals surface area (Å²) in [7, 11) is 0. The smallest absolute Gasteiger partial charge is 0.276 e. The van der Waals surface area contributed by atoms with Crippen LogP contribution in [0, 0.1) is 5.82 Å². The molecule has 0 atom stereocenters. The van der Waals surface area contributed by atoms with E-state index in [1.54, 1.807) is 27.9 Å². The number of aromatic nitrogens is 3. The molecule has 3 aromatic rings. The molecule has 0 spiro atoms. The number of rotatable bonds is 3. The van der Waals surface area contributed by atoms with Crippen molar-refractivity contribution in [3.63, 3.8) is 0 Å². The third-order valence-corrected chi connectivity index (χ3v) is 4.44. The largest absolute Gasteiger partial charge is 0.333 e. The minimum atomic E-state index is -0.247. The van der Waals surface area contributed by atoms with Crippen LogP contribution in [0.15, 0.2) is 66.9 Å². The molecule has 0 radical (unpaired) electrons. The molecule has 0 unspecified atom stereocenters. The molecule has 0 fully saturated rings. The average Bonchev–Trinajstić information content (AvgIpc) is 3.19. The van der Waals surface area contributed by atoms with E-state index < -0.39 is 0 Å². The summed E-state index contributed by atoms with van der Waals surface area (Å²) in [6.07, 6.45) is 4.39. The second-order valence-corrected chi connectivity index (χ2v) is 6.12. The number of carbonyl (C=O) groups is 1. The van der Waals surface area contributed by atoms with Gasteiger partial charge in [0.15, 0.2) is 5.69 Å². The van der Waals surface area contributed by atoms with E-state index in [-0.39, 0.29) is 11.7 Å². The fourth-order valence-electron chi connectivity index (χ4n) is 3.01. The van der Waals surface area contributed by atoms with Crippen LogP contribution in [-0.4, -0.2) is 38.9 Å². The number of benzene rings is 2. The highest BCUT2D eigenvalue weighted by Gasteiger charge is 2.22. The lowest BCUT2D eigenvalue weighted by Crippen LogP contribution is -2.34. The maximum Gasteiger partial charge on any atom is 0.276 e. The maximum atomic E-state index is 13.0. The van der Waals surface area contributed by atoms with Crippen molar-refractivity contribution >= 4 is 11.5 Å². The van der Waals surface area contributed by atoms with E-state index >= 15 is 0 Å². The molecule has 0 bridgehead atoms. The third-order valence-electron chi connectivity index (χ3n) is 4.44. The van der Waals surface area contributed by atoms with Crippen molar-refractivity contribution in [2.24, 2.45) is 0 Å². The summed E-state index contributed by atoms with van der Waals surface area (Å²) in [4.78, 5) is 14.4. The Kier molecular flexibility index (Phi) is 4.31. The topological polar surface area (TPSA) is 51.0 Å². The van der Waals surface area contributed by atoms with Gasteiger partial charge in [0, 0.05) is 13.1 Å². The van der Waals surface area contributed by atoms with Crippen molar-refractivity contribution in [2.45, 2.75) is 6.42 Å². The van der Waals surface area contributed by atoms with Gasteiger partial charge in [0.2, 0.25) is 0 Å². The summed E-state index contributed by atoms with van der Waals surface area (Å²) in [6.45, 7) is 1.10. The van der Waals surface area contributed by atoms with Crippen LogP contribution in [0.3, 0.4) is 0 Å². The summed E-state index contributed by atoms with van der Waals surface area (Å²) in [5.74, 6) is -0.384. The molecule has 1 aliphatic heterocycles. The molecule has 0 saturated heterocycles. The Morgan fingerprint density at radius 1 is 1.04 bits per heavy atom. The van der Waals surface area contributed by atoms with E-state index in [1.165, 1.54) is 12.1 Å². The normalized spacial score (nSPS) is 14.2. The van der Waals surface area contributed by atoms with E-state index in [2.05, 4.69) is 10.3 Å². The van der Waals surface area contributed by atoms with E-state index in [1.807, 2.05) is 36.4 Å². The van der Waals surface area contributed by atoms with E-state index in [4.69, 9.17) is 0 Å². The highest BCUT2D eigenvalue weighted by Crippen LogP contribution is 2.23. The summed E-state index contributed by atoms with van der Waals surface area (Å²) >= 11 is 0. The first-order valence-electron chi connectivity index (χ1n) is 8.43. The van der Waals surface area contributed by atoms with Gasteiger partial charge in [-0.25, -0.2) is 9.07 Å². The number of carbonyl (C=O) groups excluding carboxylic acids is 1. The van der Waals surface area contributed by atoms with Gasteiger partial charge in [-0.2, -0.15) is 0 Å². The van der Waals surface area contributed by atoms with Gasteiger partial charge in [-0.05, 0) is 41.8 Å². The predicted octanol–water partition coefficient (Wildman–Crippen LogP) is 3.34. The first-order chi connectivity index (χ1) is 12.7. The lowest BCUT2D eigenvalue weighted by atomic mass is 9.99. The molecule has 1 aromatic heterocycles. The molecule has 6 heteroatoms. The number of para-hydroxylation sites is 1. The highest BCUT2D eigenvalue weighted by molar-refractivity contribution is 5.92. The Bertz CT molecular complexity index is 947. The Morgan fingerprint density at radius 2 is 1.81 bits per heavy atom. The van der Waals surface area contributed by atoms with E-state index in [9.17, 15) is 9.18 Å². The predicted molar refractivity (Wildman–Crippen MR) is 96.3 cm³/mol. The van der Waals surface area contributed by atoms with Gasteiger partial charge in [0.1, 0.15) is 5.82 Å². The number of nitrogens with zero attached hydrogens (tertiary/aromatic N) is 4. The molecule has 26 heavy (non-hydrogen) atoms. The Hall–Kier alpha value is -3.28. The molecule has 130 valence electrons. The van der Waals surface area contributed by atoms with Gasteiger partial charge < -0.3 is 4.90 Å². The molecule has 2 heterocycles. The minimum absolute atomic E-state index is 0.137. The minimum Gasteiger partial charge on any atom is -0.333 e. The van der Waals surface area contributed by atoms with Gasteiger partial charge in [-0.3, -0.25) is 4.79 Å². The van der Waals surface area contributed by atoms with Crippen molar-refractivity contribution in [2.75, 3.05) is 13.1 Å². The van der Waals surface area contributed by atoms with Crippen LogP contribution in [0.5, 0.6) is 0 Å². The number of amides is 1. The summed E-state index contributed by atoms with van der Waals surface area (Å²) in [5, 5.41) is 8.06. The van der Waals surface area contributed by atoms with Crippen molar-refractivity contribution in [1.29, 1.82) is 0 Å². The van der Waals surface area contributed by atoms with Gasteiger partial charge in [0.05, 0.1) is 11.9 Å². The van der Waals surface area contributed by atoms with Gasteiger partial charge in [-0.15, -0.1) is 5.10 Å². The van der Waals surface area contributed by atoms with E-state index in [0.717, 1.165) is 23.2 Å². The number of hydrogen-bond acceptors (Lipinski definition) is 3. The van der Waals surface area contributed by atoms with Gasteiger partial charge >= 0.3 is 0 Å². The molecule has 0 aliphatic carbocycles. The van der Waals surface area contributed by atoms with Crippen LogP contribution >= 0.6 is 0 Å². The monoisotopic (exact) mass is 348 g/mol. The zero-order valence-electron chi connectivity index (χ0n) is 14.0. The van der Waals surface area contributed by atoms with Crippen molar-refractivity contribution in [3.8, 4) is 5.69 Å². The SMILES string of the molecule is O=C(c1cn(-c2ccccc2)nn1)N1CC=C(c2ccc(F)cc2)CC1. The molecule has 1 aliphatic rings. The standard InChI is InChI=1S/C20H17FN4O/c21-17-8-6-15(7-9-17)16-10-12-24(13-11-16)20(26)19-14-25(23-22-19)18-4-2-1-3-5-18/h1-10,14H,11-13H2. The molecular formula is C20H17FN4O. The van der Waals surface area contributed by atoms with Crippen molar-refractivity contribution < 1.29 is 9.18 Å². The molecule has 2 aromatic carbocycles. The first kappa shape index (κ1) is 16.2. The van der Waals surface area contributed by atoms with Crippen LogP contribution in [0.25, 0.3) is 11.3 Å². The summed E-state index contributed by atoms with van der Waals surface area (Å²) in [6, 6.07) is 16.0. The zero-order chi connectivity index (χ0) is 17.9. The van der Waals surface area contributed by atoms with Crippen LogP contribution in [-0.2, 0) is 0 Å². The van der Waals surface area contributed by atoms with Crippen molar-refractivity contribution in [3.05, 3.63) is 83.9 Å².